The molecule has 0 radical (unpaired) electrons. The molecule has 0 spiro atoms. The maximum atomic E-state index is 6.31. The van der Waals surface area contributed by atoms with E-state index in [1.165, 1.54) is 50.7 Å². The van der Waals surface area contributed by atoms with Crippen molar-refractivity contribution < 1.29 is 0 Å². The Hall–Kier alpha value is 0.310. The Bertz CT molecular complexity index is 155. The third-order valence-corrected chi connectivity index (χ3v) is 5.13. The Kier molecular flexibility index (Phi) is 6.74. The van der Waals surface area contributed by atoms with E-state index >= 15 is 0 Å². The molecule has 1 saturated heterocycles. The maximum Gasteiger partial charge on any atom is 0.0199 e. The minimum atomic E-state index is 0.458. The van der Waals surface area contributed by atoms with Crippen molar-refractivity contribution >= 4 is 11.8 Å². The van der Waals surface area contributed by atoms with Crippen LogP contribution in [0.4, 0.5) is 0 Å². The second-order valence-corrected chi connectivity index (χ2v) is 6.21. The molecule has 1 fully saturated rings. The van der Waals surface area contributed by atoms with E-state index in [-0.39, 0.29) is 0 Å². The highest BCUT2D eigenvalue weighted by atomic mass is 32.2. The lowest BCUT2D eigenvalue weighted by atomic mass is 9.90. The Morgan fingerprint density at radius 3 is 2.73 bits per heavy atom. The van der Waals surface area contributed by atoms with Crippen molar-refractivity contribution in [3.8, 4) is 0 Å². The Morgan fingerprint density at radius 1 is 1.40 bits per heavy atom. The molecule has 0 aliphatic carbocycles. The summed E-state index contributed by atoms with van der Waals surface area (Å²) in [7, 11) is 0. The molecule has 2 N–H and O–H groups in total. The zero-order valence-corrected chi connectivity index (χ0v) is 11.2. The first kappa shape index (κ1) is 13.4. The molecule has 15 heavy (non-hydrogen) atoms. The monoisotopic (exact) mass is 229 g/mol. The largest absolute Gasteiger partial charge is 0.327 e. The molecular formula is C13H27NS. The van der Waals surface area contributed by atoms with Gasteiger partial charge in [0.2, 0.25) is 0 Å². The SMILES string of the molecule is CCCCC(CC)CC(N)C1CCCS1. The quantitative estimate of drug-likeness (QED) is 0.718. The Balaban J connectivity index is 2.23. The topological polar surface area (TPSA) is 26.0 Å². The smallest absolute Gasteiger partial charge is 0.0199 e. The molecule has 1 rings (SSSR count). The molecular weight excluding hydrogens is 202 g/mol. The zero-order valence-electron chi connectivity index (χ0n) is 10.4. The van der Waals surface area contributed by atoms with Crippen LogP contribution in [0.5, 0.6) is 0 Å². The lowest BCUT2D eigenvalue weighted by Crippen LogP contribution is -2.33. The minimum absolute atomic E-state index is 0.458. The summed E-state index contributed by atoms with van der Waals surface area (Å²) in [6.45, 7) is 4.59. The molecule has 3 atom stereocenters. The maximum absolute atomic E-state index is 6.31. The predicted molar refractivity (Wildman–Crippen MR) is 71.4 cm³/mol. The van der Waals surface area contributed by atoms with Crippen molar-refractivity contribution in [1.29, 1.82) is 0 Å². The van der Waals surface area contributed by atoms with Crippen molar-refractivity contribution in [3.05, 3.63) is 0 Å². The van der Waals surface area contributed by atoms with Gasteiger partial charge in [0.25, 0.3) is 0 Å². The fourth-order valence-corrected chi connectivity index (χ4v) is 3.79. The van der Waals surface area contributed by atoms with Crippen molar-refractivity contribution in [1.82, 2.24) is 0 Å². The molecule has 3 unspecified atom stereocenters. The van der Waals surface area contributed by atoms with E-state index in [0.717, 1.165) is 11.2 Å². The lowest BCUT2D eigenvalue weighted by molar-refractivity contribution is 0.377. The van der Waals surface area contributed by atoms with Crippen LogP contribution in [0.1, 0.15) is 58.8 Å². The summed E-state index contributed by atoms with van der Waals surface area (Å²) in [6.07, 6.45) is 9.40. The van der Waals surface area contributed by atoms with Gasteiger partial charge >= 0.3 is 0 Å². The van der Waals surface area contributed by atoms with Crippen molar-refractivity contribution in [2.24, 2.45) is 11.7 Å². The van der Waals surface area contributed by atoms with Crippen LogP contribution in [-0.4, -0.2) is 17.0 Å². The number of rotatable bonds is 7. The normalized spacial score (nSPS) is 25.4. The van der Waals surface area contributed by atoms with Crippen molar-refractivity contribution in [2.75, 3.05) is 5.75 Å². The van der Waals surface area contributed by atoms with E-state index in [4.69, 9.17) is 5.73 Å². The van der Waals surface area contributed by atoms with Gasteiger partial charge in [-0.25, -0.2) is 0 Å². The molecule has 0 bridgehead atoms. The summed E-state index contributed by atoms with van der Waals surface area (Å²) in [5, 5.41) is 0.765. The van der Waals surface area contributed by atoms with E-state index in [1.807, 2.05) is 0 Å². The van der Waals surface area contributed by atoms with Crippen LogP contribution >= 0.6 is 11.8 Å². The Labute approximate surface area is 99.6 Å². The first-order chi connectivity index (χ1) is 7.27. The number of nitrogens with two attached hydrogens (primary N) is 1. The van der Waals surface area contributed by atoms with Crippen LogP contribution in [0.3, 0.4) is 0 Å². The number of hydrogen-bond donors (Lipinski definition) is 1. The summed E-state index contributed by atoms with van der Waals surface area (Å²) in [5.74, 6) is 2.21. The van der Waals surface area contributed by atoms with Crippen LogP contribution in [0.2, 0.25) is 0 Å². The molecule has 1 aliphatic heterocycles. The Morgan fingerprint density at radius 2 is 2.20 bits per heavy atom. The average Bonchev–Trinajstić information content (AvgIpc) is 2.77. The third-order valence-electron chi connectivity index (χ3n) is 3.59. The van der Waals surface area contributed by atoms with Gasteiger partial charge in [0.15, 0.2) is 0 Å². The van der Waals surface area contributed by atoms with Crippen molar-refractivity contribution in [3.63, 3.8) is 0 Å². The highest BCUT2D eigenvalue weighted by molar-refractivity contribution is 8.00. The molecule has 90 valence electrons. The van der Waals surface area contributed by atoms with Gasteiger partial charge in [0, 0.05) is 11.3 Å². The van der Waals surface area contributed by atoms with Gasteiger partial charge in [-0.1, -0.05) is 39.5 Å². The molecule has 1 heterocycles. The summed E-state index contributed by atoms with van der Waals surface area (Å²) >= 11 is 2.10. The van der Waals surface area contributed by atoms with Gasteiger partial charge in [0.1, 0.15) is 0 Å². The summed E-state index contributed by atoms with van der Waals surface area (Å²) in [4.78, 5) is 0. The molecule has 0 amide bonds. The molecule has 2 heteroatoms. The highest BCUT2D eigenvalue weighted by Gasteiger charge is 2.24. The van der Waals surface area contributed by atoms with E-state index in [2.05, 4.69) is 25.6 Å². The van der Waals surface area contributed by atoms with Crippen molar-refractivity contribution in [2.45, 2.75) is 70.1 Å². The van der Waals surface area contributed by atoms with E-state index in [1.54, 1.807) is 0 Å². The minimum Gasteiger partial charge on any atom is -0.327 e. The van der Waals surface area contributed by atoms with Crippen LogP contribution in [0.15, 0.2) is 0 Å². The van der Waals surface area contributed by atoms with Gasteiger partial charge in [-0.2, -0.15) is 11.8 Å². The first-order valence-electron chi connectivity index (χ1n) is 6.65. The van der Waals surface area contributed by atoms with Crippen LogP contribution in [0, 0.1) is 5.92 Å². The highest BCUT2D eigenvalue weighted by Crippen LogP contribution is 2.31. The van der Waals surface area contributed by atoms with Crippen LogP contribution < -0.4 is 5.73 Å². The lowest BCUT2D eigenvalue weighted by Gasteiger charge is -2.23. The second-order valence-electron chi connectivity index (χ2n) is 4.87. The van der Waals surface area contributed by atoms with Crippen LogP contribution in [0.25, 0.3) is 0 Å². The third kappa shape index (κ3) is 4.78. The fraction of sp³-hybridized carbons (Fsp3) is 1.00. The number of thioether (sulfide) groups is 1. The van der Waals surface area contributed by atoms with E-state index in [9.17, 15) is 0 Å². The molecule has 0 saturated carbocycles. The predicted octanol–water partition coefficient (Wildman–Crippen LogP) is 3.82. The van der Waals surface area contributed by atoms with Gasteiger partial charge in [0.05, 0.1) is 0 Å². The number of hydrogen-bond acceptors (Lipinski definition) is 2. The molecule has 0 aromatic rings. The molecule has 0 aromatic carbocycles. The first-order valence-corrected chi connectivity index (χ1v) is 7.70. The summed E-state index contributed by atoms with van der Waals surface area (Å²) in [5.41, 5.74) is 6.31. The molecule has 1 nitrogen and oxygen atoms in total. The summed E-state index contributed by atoms with van der Waals surface area (Å²) < 4.78 is 0. The van der Waals surface area contributed by atoms with Gasteiger partial charge < -0.3 is 5.73 Å². The van der Waals surface area contributed by atoms with Gasteiger partial charge in [-0.05, 0) is 30.9 Å². The second kappa shape index (κ2) is 7.56. The standard InChI is InChI=1S/C13H27NS/c1-3-5-7-11(4-2)10-12(14)13-8-6-9-15-13/h11-13H,3-10,14H2,1-2H3. The average molecular weight is 229 g/mol. The summed E-state index contributed by atoms with van der Waals surface area (Å²) in [6, 6.07) is 0.458. The van der Waals surface area contributed by atoms with Gasteiger partial charge in [-0.15, -0.1) is 0 Å². The van der Waals surface area contributed by atoms with Crippen LogP contribution in [-0.2, 0) is 0 Å². The number of unbranched alkanes of at least 4 members (excludes halogenated alkanes) is 1. The zero-order chi connectivity index (χ0) is 11.1. The van der Waals surface area contributed by atoms with Gasteiger partial charge in [-0.3, -0.25) is 0 Å². The van der Waals surface area contributed by atoms with E-state index < -0.39 is 0 Å². The fourth-order valence-electron chi connectivity index (χ4n) is 2.46. The molecule has 0 aromatic heterocycles. The van der Waals surface area contributed by atoms with E-state index in [0.29, 0.717) is 6.04 Å². The molecule has 1 aliphatic rings.